The maximum absolute atomic E-state index is 12.7. The normalized spacial score (nSPS) is 11.0. The van der Waals surface area contributed by atoms with Gasteiger partial charge in [0.05, 0.1) is 15.5 Å². The van der Waals surface area contributed by atoms with E-state index in [9.17, 15) is 18.0 Å². The zero-order valence-electron chi connectivity index (χ0n) is 17.3. The monoisotopic (exact) mass is 473 g/mol. The fourth-order valence-electron chi connectivity index (χ4n) is 2.72. The number of carbonyl (C=O) groups excluding carboxylic acids is 2. The first kappa shape index (κ1) is 23.2. The van der Waals surface area contributed by atoms with Crippen LogP contribution in [0.4, 0.5) is 11.5 Å². The molecule has 2 N–H and O–H groups in total. The van der Waals surface area contributed by atoms with Crippen molar-refractivity contribution in [1.82, 2.24) is 4.98 Å². The SMILES string of the molecule is Cc1ccc(C)c(S(=O)(=O)Nc2ccc(C(=O)OCC(=O)Nc3ccc(Cl)cn3)cc2)c1. The number of anilines is 2. The minimum absolute atomic E-state index is 0.164. The van der Waals surface area contributed by atoms with Crippen molar-refractivity contribution in [2.45, 2.75) is 18.7 Å². The Morgan fingerprint density at radius 2 is 1.75 bits per heavy atom. The molecule has 1 amide bonds. The molecular formula is C22H20ClN3O5S. The zero-order valence-corrected chi connectivity index (χ0v) is 18.8. The summed E-state index contributed by atoms with van der Waals surface area (Å²) < 4.78 is 32.8. The van der Waals surface area contributed by atoms with Crippen LogP contribution in [-0.2, 0) is 19.6 Å². The molecule has 0 aliphatic carbocycles. The van der Waals surface area contributed by atoms with Gasteiger partial charge < -0.3 is 10.1 Å². The third kappa shape index (κ3) is 6.05. The third-order valence-electron chi connectivity index (χ3n) is 4.34. The molecule has 32 heavy (non-hydrogen) atoms. The molecular weight excluding hydrogens is 454 g/mol. The third-order valence-corrected chi connectivity index (χ3v) is 6.08. The van der Waals surface area contributed by atoms with Crippen LogP contribution in [0.3, 0.4) is 0 Å². The maximum atomic E-state index is 12.7. The van der Waals surface area contributed by atoms with Crippen molar-refractivity contribution >= 4 is 45.0 Å². The number of nitrogens with zero attached hydrogens (tertiary/aromatic N) is 1. The van der Waals surface area contributed by atoms with E-state index < -0.39 is 28.5 Å². The second-order valence-electron chi connectivity index (χ2n) is 6.94. The molecule has 10 heteroatoms. The summed E-state index contributed by atoms with van der Waals surface area (Å²) >= 11 is 5.73. The molecule has 1 aromatic heterocycles. The van der Waals surface area contributed by atoms with Crippen molar-refractivity contribution in [3.8, 4) is 0 Å². The van der Waals surface area contributed by atoms with E-state index in [4.69, 9.17) is 16.3 Å². The number of aryl methyl sites for hydroxylation is 2. The van der Waals surface area contributed by atoms with Gasteiger partial charge in [-0.2, -0.15) is 0 Å². The maximum Gasteiger partial charge on any atom is 0.338 e. The number of halogens is 1. The predicted molar refractivity (Wildman–Crippen MR) is 121 cm³/mol. The number of nitrogens with one attached hydrogen (secondary N) is 2. The summed E-state index contributed by atoms with van der Waals surface area (Å²) in [5.41, 5.74) is 1.89. The molecule has 1 heterocycles. The Bertz CT molecular complexity index is 1240. The van der Waals surface area contributed by atoms with Crippen molar-refractivity contribution < 1.29 is 22.7 Å². The van der Waals surface area contributed by atoms with Gasteiger partial charge in [-0.25, -0.2) is 18.2 Å². The summed E-state index contributed by atoms with van der Waals surface area (Å²) in [7, 11) is -3.79. The highest BCUT2D eigenvalue weighted by atomic mass is 35.5. The smallest absolute Gasteiger partial charge is 0.338 e. The number of amides is 1. The van der Waals surface area contributed by atoms with E-state index >= 15 is 0 Å². The van der Waals surface area contributed by atoms with Crippen LogP contribution in [0.1, 0.15) is 21.5 Å². The van der Waals surface area contributed by atoms with Crippen molar-refractivity contribution in [2.75, 3.05) is 16.6 Å². The molecule has 8 nitrogen and oxygen atoms in total. The largest absolute Gasteiger partial charge is 0.452 e. The number of pyridine rings is 1. The van der Waals surface area contributed by atoms with Gasteiger partial charge in [-0.3, -0.25) is 9.52 Å². The Morgan fingerprint density at radius 1 is 1.03 bits per heavy atom. The van der Waals surface area contributed by atoms with E-state index in [0.717, 1.165) is 5.56 Å². The average molecular weight is 474 g/mol. The first-order chi connectivity index (χ1) is 15.1. The topological polar surface area (TPSA) is 114 Å². The number of benzene rings is 2. The molecule has 0 fully saturated rings. The van der Waals surface area contributed by atoms with Crippen LogP contribution in [0, 0.1) is 13.8 Å². The lowest BCUT2D eigenvalue weighted by atomic mass is 10.2. The second kappa shape index (κ2) is 9.80. The summed E-state index contributed by atoms with van der Waals surface area (Å²) in [6.45, 7) is 3.02. The number of carbonyl (C=O) groups is 2. The van der Waals surface area contributed by atoms with Crippen molar-refractivity contribution in [3.05, 3.63) is 82.5 Å². The number of rotatable bonds is 7. The molecule has 0 atom stereocenters. The van der Waals surface area contributed by atoms with Gasteiger partial charge in [0.15, 0.2) is 6.61 Å². The first-order valence-electron chi connectivity index (χ1n) is 9.43. The lowest BCUT2D eigenvalue weighted by Gasteiger charge is -2.11. The Balaban J connectivity index is 1.58. The van der Waals surface area contributed by atoms with E-state index in [1.54, 1.807) is 25.1 Å². The predicted octanol–water partition coefficient (Wildman–Crippen LogP) is 3.95. The van der Waals surface area contributed by atoms with Gasteiger partial charge in [0.25, 0.3) is 15.9 Å². The summed E-state index contributed by atoms with van der Waals surface area (Å²) in [4.78, 5) is 28.2. The molecule has 0 saturated carbocycles. The Morgan fingerprint density at radius 3 is 2.41 bits per heavy atom. The summed E-state index contributed by atoms with van der Waals surface area (Å²) in [5, 5.41) is 2.90. The van der Waals surface area contributed by atoms with E-state index in [0.29, 0.717) is 10.6 Å². The zero-order chi connectivity index (χ0) is 23.3. The van der Waals surface area contributed by atoms with Crippen LogP contribution >= 0.6 is 11.6 Å². The molecule has 0 aliphatic rings. The van der Waals surface area contributed by atoms with Gasteiger partial charge in [0.2, 0.25) is 0 Å². The number of sulfonamides is 1. The van der Waals surface area contributed by atoms with E-state index in [1.807, 2.05) is 13.0 Å². The number of esters is 1. The van der Waals surface area contributed by atoms with Crippen molar-refractivity contribution in [2.24, 2.45) is 0 Å². The van der Waals surface area contributed by atoms with Gasteiger partial charge in [0, 0.05) is 11.9 Å². The quantitative estimate of drug-likeness (QED) is 0.502. The van der Waals surface area contributed by atoms with Gasteiger partial charge in [0.1, 0.15) is 5.82 Å². The van der Waals surface area contributed by atoms with Crippen LogP contribution in [0.15, 0.2) is 65.7 Å². The minimum atomic E-state index is -3.79. The fraction of sp³-hybridized carbons (Fsp3) is 0.136. The van der Waals surface area contributed by atoms with E-state index in [-0.39, 0.29) is 22.0 Å². The molecule has 0 spiro atoms. The summed E-state index contributed by atoms with van der Waals surface area (Å²) in [5.74, 6) is -1.02. The second-order valence-corrected chi connectivity index (χ2v) is 9.03. The van der Waals surface area contributed by atoms with E-state index in [1.165, 1.54) is 36.5 Å². The number of hydrogen-bond acceptors (Lipinski definition) is 6. The van der Waals surface area contributed by atoms with Gasteiger partial charge in [-0.15, -0.1) is 0 Å². The van der Waals surface area contributed by atoms with Crippen LogP contribution in [0.2, 0.25) is 5.02 Å². The standard InChI is InChI=1S/C22H20ClN3O5S/c1-14-3-4-15(2)19(11-14)32(29,30)26-18-8-5-16(6-9-18)22(28)31-13-21(27)25-20-10-7-17(23)12-24-20/h3-12,26H,13H2,1-2H3,(H,24,25,27). The highest BCUT2D eigenvalue weighted by molar-refractivity contribution is 7.92. The highest BCUT2D eigenvalue weighted by Crippen LogP contribution is 2.21. The van der Waals surface area contributed by atoms with Crippen LogP contribution in [0.25, 0.3) is 0 Å². The van der Waals surface area contributed by atoms with Gasteiger partial charge in [-0.05, 0) is 67.4 Å². The van der Waals surface area contributed by atoms with E-state index in [2.05, 4.69) is 15.0 Å². The fourth-order valence-corrected chi connectivity index (χ4v) is 4.23. The molecule has 2 aromatic carbocycles. The van der Waals surface area contributed by atoms with Crippen molar-refractivity contribution in [1.29, 1.82) is 0 Å². The number of hydrogen-bond donors (Lipinski definition) is 2. The van der Waals surface area contributed by atoms with Crippen LogP contribution in [-0.4, -0.2) is 31.9 Å². The first-order valence-corrected chi connectivity index (χ1v) is 11.3. The Labute approximate surface area is 190 Å². The highest BCUT2D eigenvalue weighted by Gasteiger charge is 2.18. The average Bonchev–Trinajstić information content (AvgIpc) is 2.75. The minimum Gasteiger partial charge on any atom is -0.452 e. The van der Waals surface area contributed by atoms with Gasteiger partial charge >= 0.3 is 5.97 Å². The lowest BCUT2D eigenvalue weighted by Crippen LogP contribution is -2.21. The number of aromatic nitrogens is 1. The van der Waals surface area contributed by atoms with Crippen LogP contribution < -0.4 is 10.0 Å². The summed E-state index contributed by atoms with van der Waals surface area (Å²) in [6.07, 6.45) is 1.37. The number of ether oxygens (including phenoxy) is 1. The van der Waals surface area contributed by atoms with Crippen LogP contribution in [0.5, 0.6) is 0 Å². The van der Waals surface area contributed by atoms with Crippen molar-refractivity contribution in [3.63, 3.8) is 0 Å². The Kier molecular flexibility index (Phi) is 7.12. The molecule has 0 saturated heterocycles. The van der Waals surface area contributed by atoms with Gasteiger partial charge in [-0.1, -0.05) is 23.7 Å². The summed E-state index contributed by atoms with van der Waals surface area (Å²) in [6, 6.07) is 13.9. The Hall–Kier alpha value is -3.43. The molecule has 0 radical (unpaired) electrons. The molecule has 0 aliphatic heterocycles. The molecule has 3 aromatic rings. The molecule has 3 rings (SSSR count). The lowest BCUT2D eigenvalue weighted by molar-refractivity contribution is -0.119. The molecule has 0 unspecified atom stereocenters. The molecule has 166 valence electrons. The molecule has 0 bridgehead atoms.